The summed E-state index contributed by atoms with van der Waals surface area (Å²) in [6.07, 6.45) is 67.4. The quantitative estimate of drug-likeness (QED) is 0.0204. The van der Waals surface area contributed by atoms with Gasteiger partial charge in [0.25, 0.3) is 0 Å². The first-order chi connectivity index (χ1) is 46.6. The monoisotopic (exact) mass is 1350 g/mol. The molecule has 14 heteroatoms. The molecular weight excluding hydrogens is 1190 g/mol. The zero-order valence-corrected chi connectivity index (χ0v) is 62.0. The number of rotatable bonds is 71. The Hall–Kier alpha value is -1.27. The Morgan fingerprint density at radius 2 is 0.653 bits per heavy atom. The second kappa shape index (κ2) is 66.0. The van der Waals surface area contributed by atoms with Gasteiger partial charge in [-0.05, 0) is 19.3 Å². The first-order valence-electron chi connectivity index (χ1n) is 41.4. The minimum atomic E-state index is -1.79. The Morgan fingerprint density at radius 1 is 0.368 bits per heavy atom. The minimum absolute atomic E-state index is 0.228. The summed E-state index contributed by atoms with van der Waals surface area (Å²) in [4.78, 5) is 13.4. The van der Waals surface area contributed by atoms with E-state index in [1.165, 1.54) is 340 Å². The summed E-state index contributed by atoms with van der Waals surface area (Å²) in [5.41, 5.74) is 0. The van der Waals surface area contributed by atoms with Crippen LogP contribution in [0.3, 0.4) is 0 Å². The summed E-state index contributed by atoms with van der Waals surface area (Å²) in [6, 6.07) is -0.912. The first-order valence-corrected chi connectivity index (χ1v) is 41.4. The highest BCUT2D eigenvalue weighted by Gasteiger charge is 2.51. The van der Waals surface area contributed by atoms with Gasteiger partial charge in [0.15, 0.2) is 12.6 Å². The van der Waals surface area contributed by atoms with Crippen molar-refractivity contribution in [3.05, 3.63) is 12.2 Å². The number of carbonyl (C=O) groups excluding carboxylic acids is 1. The standard InChI is InChI=1S/C81H157NO13/c1-3-5-7-9-11-13-15-17-19-21-23-25-27-29-31-32-33-34-35-36-37-39-41-43-45-47-49-51-53-55-57-59-61-63-65-73(86)82-69(68-92-80-78(91)76(89)79(72(67-84)94-80)95-81-77(90)75(88)74(87)71(66-83)93-81)70(85)64-62-60-58-56-54-52-50-48-46-44-42-40-38-30-28-26-24-22-20-18-16-14-12-10-8-6-4-2/h62,64,69-72,74-81,83-85,87-91H,3-61,63,65-68H2,1-2H3,(H,82,86)/b64-62+. The molecule has 9 N–H and O–H groups in total. The molecule has 1 amide bonds. The Morgan fingerprint density at radius 3 is 0.968 bits per heavy atom. The van der Waals surface area contributed by atoms with Crippen LogP contribution in [-0.4, -0.2) is 140 Å². The number of amides is 1. The Labute approximate surface area is 584 Å². The highest BCUT2D eigenvalue weighted by molar-refractivity contribution is 5.76. The molecular formula is C81H157NO13. The normalized spacial score (nSPS) is 22.3. The number of carbonyl (C=O) groups is 1. The van der Waals surface area contributed by atoms with Crippen LogP contribution in [-0.2, 0) is 23.7 Å². The lowest BCUT2D eigenvalue weighted by Gasteiger charge is -2.46. The van der Waals surface area contributed by atoms with E-state index in [2.05, 4.69) is 19.2 Å². The molecule has 0 aromatic heterocycles. The van der Waals surface area contributed by atoms with Crippen molar-refractivity contribution in [2.45, 2.75) is 479 Å². The van der Waals surface area contributed by atoms with Crippen LogP contribution in [0.1, 0.15) is 406 Å². The molecule has 0 radical (unpaired) electrons. The third-order valence-corrected chi connectivity index (χ3v) is 20.7. The van der Waals surface area contributed by atoms with Gasteiger partial charge in [-0.25, -0.2) is 0 Å². The molecule has 12 atom stereocenters. The zero-order valence-electron chi connectivity index (χ0n) is 62.0. The van der Waals surface area contributed by atoms with Crippen LogP contribution in [0.5, 0.6) is 0 Å². The topological polar surface area (TPSA) is 228 Å². The fraction of sp³-hybridized carbons (Fsp3) is 0.963. The highest BCUT2D eigenvalue weighted by Crippen LogP contribution is 2.30. The second-order valence-electron chi connectivity index (χ2n) is 29.6. The first kappa shape index (κ1) is 89.8. The van der Waals surface area contributed by atoms with E-state index in [4.69, 9.17) is 18.9 Å². The van der Waals surface area contributed by atoms with Crippen molar-refractivity contribution in [2.24, 2.45) is 0 Å². The summed E-state index contributed by atoms with van der Waals surface area (Å²) >= 11 is 0. The van der Waals surface area contributed by atoms with E-state index in [9.17, 15) is 45.6 Å². The molecule has 2 aliphatic heterocycles. The number of aliphatic hydroxyl groups excluding tert-OH is 8. The number of hydrogen-bond acceptors (Lipinski definition) is 13. The molecule has 2 saturated heterocycles. The van der Waals surface area contributed by atoms with Crippen LogP contribution >= 0.6 is 0 Å². The second-order valence-corrected chi connectivity index (χ2v) is 29.6. The molecule has 14 nitrogen and oxygen atoms in total. The Balaban J connectivity index is 1.59. The predicted molar refractivity (Wildman–Crippen MR) is 392 cm³/mol. The van der Waals surface area contributed by atoms with E-state index < -0.39 is 86.8 Å². The lowest BCUT2D eigenvalue weighted by molar-refractivity contribution is -0.359. The van der Waals surface area contributed by atoms with Crippen molar-refractivity contribution in [2.75, 3.05) is 19.8 Å². The minimum Gasteiger partial charge on any atom is -0.394 e. The average Bonchev–Trinajstić information content (AvgIpc) is 0.801. The molecule has 0 spiro atoms. The molecule has 2 rings (SSSR count). The van der Waals surface area contributed by atoms with Gasteiger partial charge in [-0.2, -0.15) is 0 Å². The molecule has 2 heterocycles. The third-order valence-electron chi connectivity index (χ3n) is 20.7. The van der Waals surface area contributed by atoms with Gasteiger partial charge < -0.3 is 65.1 Å². The number of aliphatic hydroxyl groups is 8. The molecule has 2 aliphatic rings. The Kier molecular flexibility index (Phi) is 62.4. The number of nitrogens with one attached hydrogen (secondary N) is 1. The molecule has 2 fully saturated rings. The van der Waals surface area contributed by atoms with Crippen molar-refractivity contribution in [1.82, 2.24) is 5.32 Å². The maximum atomic E-state index is 13.4. The molecule has 0 aromatic carbocycles. The van der Waals surface area contributed by atoms with Gasteiger partial charge in [0.2, 0.25) is 5.91 Å². The van der Waals surface area contributed by atoms with E-state index in [1.54, 1.807) is 6.08 Å². The maximum Gasteiger partial charge on any atom is 0.220 e. The Bertz CT molecular complexity index is 1640. The van der Waals surface area contributed by atoms with E-state index in [-0.39, 0.29) is 18.9 Å². The van der Waals surface area contributed by atoms with Gasteiger partial charge in [-0.15, -0.1) is 0 Å². The van der Waals surface area contributed by atoms with Crippen molar-refractivity contribution in [3.8, 4) is 0 Å². The molecule has 0 aliphatic carbocycles. The summed E-state index contributed by atoms with van der Waals surface area (Å²) in [5, 5.41) is 87.7. The van der Waals surface area contributed by atoms with Gasteiger partial charge in [-0.3, -0.25) is 4.79 Å². The van der Waals surface area contributed by atoms with Crippen LogP contribution in [0.15, 0.2) is 12.2 Å². The van der Waals surface area contributed by atoms with Crippen molar-refractivity contribution < 1.29 is 64.6 Å². The lowest BCUT2D eigenvalue weighted by Crippen LogP contribution is -2.65. The van der Waals surface area contributed by atoms with Gasteiger partial charge >= 0.3 is 0 Å². The zero-order chi connectivity index (χ0) is 68.7. The van der Waals surface area contributed by atoms with Gasteiger partial charge in [0, 0.05) is 6.42 Å². The van der Waals surface area contributed by atoms with Crippen molar-refractivity contribution in [3.63, 3.8) is 0 Å². The number of allylic oxidation sites excluding steroid dienone is 1. The number of ether oxygens (including phenoxy) is 4. The average molecular weight is 1350 g/mol. The van der Waals surface area contributed by atoms with Crippen LogP contribution in [0.4, 0.5) is 0 Å². The fourth-order valence-corrected chi connectivity index (χ4v) is 14.2. The van der Waals surface area contributed by atoms with Crippen LogP contribution < -0.4 is 5.32 Å². The fourth-order valence-electron chi connectivity index (χ4n) is 14.2. The third kappa shape index (κ3) is 49.1. The van der Waals surface area contributed by atoms with Gasteiger partial charge in [0.05, 0.1) is 32.0 Å². The number of hydrogen-bond donors (Lipinski definition) is 9. The largest absolute Gasteiger partial charge is 0.394 e. The molecule has 0 bridgehead atoms. The summed E-state index contributed by atoms with van der Waals surface area (Å²) in [7, 11) is 0. The summed E-state index contributed by atoms with van der Waals surface area (Å²) < 4.78 is 22.9. The maximum absolute atomic E-state index is 13.4. The lowest BCUT2D eigenvalue weighted by atomic mass is 9.97. The van der Waals surface area contributed by atoms with Crippen molar-refractivity contribution >= 4 is 5.91 Å². The van der Waals surface area contributed by atoms with Crippen LogP contribution in [0, 0.1) is 0 Å². The van der Waals surface area contributed by atoms with E-state index in [1.807, 2.05) is 6.08 Å². The molecule has 564 valence electrons. The van der Waals surface area contributed by atoms with Crippen LogP contribution in [0.2, 0.25) is 0 Å². The van der Waals surface area contributed by atoms with E-state index in [0.29, 0.717) is 0 Å². The van der Waals surface area contributed by atoms with Crippen LogP contribution in [0.25, 0.3) is 0 Å². The highest BCUT2D eigenvalue weighted by atomic mass is 16.7. The summed E-state index contributed by atoms with van der Waals surface area (Å²) in [6.45, 7) is 2.88. The van der Waals surface area contributed by atoms with E-state index in [0.717, 1.165) is 44.9 Å². The molecule has 0 saturated carbocycles. The molecule has 12 unspecified atom stereocenters. The number of unbranched alkanes of at least 4 members (excludes halogenated alkanes) is 58. The summed E-state index contributed by atoms with van der Waals surface area (Å²) in [5.74, 6) is -0.228. The predicted octanol–water partition coefficient (Wildman–Crippen LogP) is 18.9. The SMILES string of the molecule is CCCCCCCCCCCCCCCCCCCCCCCCCCC/C=C/C(O)C(COC1OC(CO)C(OC2OC(CO)C(O)C(O)C2O)C(O)C1O)NC(=O)CCCCCCCCCCCCCCCCCCCCCCCCCCCCCCCCCCCC. The van der Waals surface area contributed by atoms with E-state index >= 15 is 0 Å². The molecule has 0 aromatic rings. The smallest absolute Gasteiger partial charge is 0.220 e. The van der Waals surface area contributed by atoms with Gasteiger partial charge in [0.1, 0.15) is 48.8 Å². The van der Waals surface area contributed by atoms with Crippen molar-refractivity contribution in [1.29, 1.82) is 0 Å². The van der Waals surface area contributed by atoms with Gasteiger partial charge in [-0.1, -0.05) is 392 Å². The molecule has 95 heavy (non-hydrogen) atoms.